The highest BCUT2D eigenvalue weighted by atomic mass is 16.2. The van der Waals surface area contributed by atoms with Crippen molar-refractivity contribution < 1.29 is 4.79 Å². The number of carbonyl (C=O) groups excluding carboxylic acids is 1. The molecule has 0 radical (unpaired) electrons. The summed E-state index contributed by atoms with van der Waals surface area (Å²) >= 11 is 0. The van der Waals surface area contributed by atoms with Crippen LogP contribution in [0.2, 0.25) is 0 Å². The Kier molecular flexibility index (Phi) is 6.24. The van der Waals surface area contributed by atoms with Gasteiger partial charge in [-0.1, -0.05) is 69.3 Å². The van der Waals surface area contributed by atoms with E-state index in [0.29, 0.717) is 13.0 Å². The Labute approximate surface area is 206 Å². The third-order valence-electron chi connectivity index (χ3n) is 6.38. The summed E-state index contributed by atoms with van der Waals surface area (Å²) in [4.78, 5) is 27.2. The van der Waals surface area contributed by atoms with Gasteiger partial charge in [0.1, 0.15) is 11.6 Å². The van der Waals surface area contributed by atoms with Gasteiger partial charge in [0, 0.05) is 38.0 Å². The van der Waals surface area contributed by atoms with E-state index in [0.717, 1.165) is 54.4 Å². The maximum Gasteiger partial charge on any atom is 0.228 e. The van der Waals surface area contributed by atoms with E-state index in [4.69, 9.17) is 15.1 Å². The number of aromatic nitrogens is 4. The number of hydrogen-bond acceptors (Lipinski definition) is 5. The maximum atomic E-state index is 12.9. The third-order valence-corrected chi connectivity index (χ3v) is 6.38. The molecule has 0 bridgehead atoms. The topological polar surface area (TPSA) is 67.2 Å². The van der Waals surface area contributed by atoms with Crippen LogP contribution in [0.4, 0.5) is 5.82 Å². The predicted molar refractivity (Wildman–Crippen MR) is 139 cm³/mol. The van der Waals surface area contributed by atoms with Gasteiger partial charge < -0.3 is 9.80 Å². The smallest absolute Gasteiger partial charge is 0.228 e. The van der Waals surface area contributed by atoms with Gasteiger partial charge in [-0.25, -0.2) is 14.6 Å². The molecule has 0 saturated carbocycles. The molecule has 1 amide bonds. The molecule has 4 aromatic rings. The molecule has 35 heavy (non-hydrogen) atoms. The van der Waals surface area contributed by atoms with E-state index in [1.165, 1.54) is 5.56 Å². The number of rotatable bonds is 4. The molecular weight excluding hydrogens is 436 g/mol. The highest BCUT2D eigenvalue weighted by molar-refractivity contribution is 5.88. The Morgan fingerprint density at radius 3 is 2.31 bits per heavy atom. The molecule has 1 fully saturated rings. The van der Waals surface area contributed by atoms with E-state index >= 15 is 0 Å². The summed E-state index contributed by atoms with van der Waals surface area (Å²) in [7, 11) is 0. The quantitative estimate of drug-likeness (QED) is 0.441. The molecular formula is C28H32N6O. The number of fused-ring (bicyclic) bond motifs is 1. The number of carbonyl (C=O) groups is 1. The van der Waals surface area contributed by atoms with Crippen LogP contribution < -0.4 is 4.90 Å². The largest absolute Gasteiger partial charge is 0.354 e. The van der Waals surface area contributed by atoms with E-state index < -0.39 is 0 Å². The lowest BCUT2D eigenvalue weighted by molar-refractivity contribution is -0.139. The molecule has 180 valence electrons. The molecule has 3 heterocycles. The molecule has 0 atom stereocenters. The second-order valence-corrected chi connectivity index (χ2v) is 10.1. The van der Waals surface area contributed by atoms with Crippen molar-refractivity contribution in [2.24, 2.45) is 5.41 Å². The van der Waals surface area contributed by atoms with Gasteiger partial charge in [0.05, 0.1) is 17.3 Å². The van der Waals surface area contributed by atoms with Crippen molar-refractivity contribution in [2.45, 2.75) is 33.6 Å². The molecule has 0 spiro atoms. The first kappa shape index (κ1) is 23.0. The molecule has 0 N–H and O–H groups in total. The summed E-state index contributed by atoms with van der Waals surface area (Å²) < 4.78 is 1.89. The first-order chi connectivity index (χ1) is 16.9. The standard InChI is InChI=1S/C28H32N6O/c1-28(2,3)27(35)33-16-10-15-32(17-18-33)25-23-20-29-34(22-13-8-5-9-14-22)26(23)31-24(30-25)19-21-11-6-4-7-12-21/h4-9,11-14,20H,10,15-19H2,1-3H3. The van der Waals surface area contributed by atoms with Crippen LogP contribution in [0.5, 0.6) is 0 Å². The van der Waals surface area contributed by atoms with E-state index in [2.05, 4.69) is 17.0 Å². The van der Waals surface area contributed by atoms with E-state index in [1.54, 1.807) is 0 Å². The zero-order valence-electron chi connectivity index (χ0n) is 20.7. The highest BCUT2D eigenvalue weighted by Gasteiger charge is 2.29. The van der Waals surface area contributed by atoms with Gasteiger partial charge in [0.15, 0.2) is 5.65 Å². The van der Waals surface area contributed by atoms with Crippen molar-refractivity contribution >= 4 is 22.8 Å². The monoisotopic (exact) mass is 468 g/mol. The summed E-state index contributed by atoms with van der Waals surface area (Å²) in [5.74, 6) is 1.87. The second-order valence-electron chi connectivity index (χ2n) is 10.1. The average Bonchev–Trinajstić information content (AvgIpc) is 3.13. The first-order valence-electron chi connectivity index (χ1n) is 12.3. The van der Waals surface area contributed by atoms with Gasteiger partial charge in [0.2, 0.25) is 5.91 Å². The highest BCUT2D eigenvalue weighted by Crippen LogP contribution is 2.28. The average molecular weight is 469 g/mol. The van der Waals surface area contributed by atoms with Crippen LogP contribution in [-0.4, -0.2) is 56.7 Å². The number of nitrogens with zero attached hydrogens (tertiary/aromatic N) is 6. The fourth-order valence-electron chi connectivity index (χ4n) is 4.60. The van der Waals surface area contributed by atoms with Crippen LogP contribution in [0.25, 0.3) is 16.7 Å². The summed E-state index contributed by atoms with van der Waals surface area (Å²) in [6.07, 6.45) is 3.41. The van der Waals surface area contributed by atoms with Crippen molar-refractivity contribution in [3.05, 3.63) is 78.2 Å². The molecule has 7 heteroatoms. The van der Waals surface area contributed by atoms with Crippen LogP contribution in [0, 0.1) is 5.41 Å². The van der Waals surface area contributed by atoms with Crippen LogP contribution in [-0.2, 0) is 11.2 Å². The minimum Gasteiger partial charge on any atom is -0.354 e. The van der Waals surface area contributed by atoms with Crippen LogP contribution in [0.15, 0.2) is 66.9 Å². The number of hydrogen-bond donors (Lipinski definition) is 0. The molecule has 1 saturated heterocycles. The molecule has 5 rings (SSSR count). The Balaban J connectivity index is 1.54. The predicted octanol–water partition coefficient (Wildman–Crippen LogP) is 4.49. The number of para-hydroxylation sites is 1. The molecule has 2 aromatic heterocycles. The maximum absolute atomic E-state index is 12.9. The summed E-state index contributed by atoms with van der Waals surface area (Å²) in [5.41, 5.74) is 2.56. The van der Waals surface area contributed by atoms with Crippen LogP contribution >= 0.6 is 0 Å². The molecule has 0 aliphatic carbocycles. The Bertz CT molecular complexity index is 1310. The van der Waals surface area contributed by atoms with Gasteiger partial charge >= 0.3 is 0 Å². The Morgan fingerprint density at radius 1 is 0.886 bits per heavy atom. The number of benzene rings is 2. The second kappa shape index (κ2) is 9.49. The van der Waals surface area contributed by atoms with Crippen molar-refractivity contribution in [1.29, 1.82) is 0 Å². The van der Waals surface area contributed by atoms with E-state index in [-0.39, 0.29) is 11.3 Å². The summed E-state index contributed by atoms with van der Waals surface area (Å²) in [5, 5.41) is 5.62. The molecule has 1 aliphatic heterocycles. The van der Waals surface area contributed by atoms with Crippen molar-refractivity contribution in [2.75, 3.05) is 31.1 Å². The third kappa shape index (κ3) is 4.90. The zero-order valence-corrected chi connectivity index (χ0v) is 20.7. The minimum atomic E-state index is -0.378. The first-order valence-corrected chi connectivity index (χ1v) is 12.3. The summed E-state index contributed by atoms with van der Waals surface area (Å²) in [6.45, 7) is 8.97. The molecule has 7 nitrogen and oxygen atoms in total. The SMILES string of the molecule is CC(C)(C)C(=O)N1CCCN(c2nc(Cc3ccccc3)nc3c2cnn3-c2ccccc2)CC1. The Hall–Kier alpha value is -3.74. The van der Waals surface area contributed by atoms with E-state index in [1.807, 2.05) is 85.1 Å². The van der Waals surface area contributed by atoms with Gasteiger partial charge in [-0.15, -0.1) is 0 Å². The van der Waals surface area contributed by atoms with E-state index in [9.17, 15) is 4.79 Å². The Morgan fingerprint density at radius 2 is 1.60 bits per heavy atom. The van der Waals surface area contributed by atoms with Crippen LogP contribution in [0.1, 0.15) is 38.6 Å². The van der Waals surface area contributed by atoms with Crippen molar-refractivity contribution in [1.82, 2.24) is 24.6 Å². The minimum absolute atomic E-state index is 0.203. The fraction of sp³-hybridized carbons (Fsp3) is 0.357. The van der Waals surface area contributed by atoms with Gasteiger partial charge in [-0.05, 0) is 24.1 Å². The lowest BCUT2D eigenvalue weighted by Crippen LogP contribution is -2.41. The summed E-state index contributed by atoms with van der Waals surface area (Å²) in [6, 6.07) is 20.4. The lowest BCUT2D eigenvalue weighted by atomic mass is 9.94. The lowest BCUT2D eigenvalue weighted by Gasteiger charge is -2.28. The normalized spacial score (nSPS) is 14.8. The van der Waals surface area contributed by atoms with Gasteiger partial charge in [-0.3, -0.25) is 4.79 Å². The molecule has 1 aliphatic rings. The number of amides is 1. The van der Waals surface area contributed by atoms with Gasteiger partial charge in [0.25, 0.3) is 0 Å². The zero-order chi connectivity index (χ0) is 24.4. The van der Waals surface area contributed by atoms with Gasteiger partial charge in [-0.2, -0.15) is 5.10 Å². The van der Waals surface area contributed by atoms with Crippen molar-refractivity contribution in [3.63, 3.8) is 0 Å². The van der Waals surface area contributed by atoms with Crippen LogP contribution in [0.3, 0.4) is 0 Å². The molecule has 2 aromatic carbocycles. The molecule has 0 unspecified atom stereocenters. The number of anilines is 1. The van der Waals surface area contributed by atoms with Crippen molar-refractivity contribution in [3.8, 4) is 5.69 Å². The fourth-order valence-corrected chi connectivity index (χ4v) is 4.60.